The van der Waals surface area contributed by atoms with Gasteiger partial charge in [-0.3, -0.25) is 9.59 Å². The molecule has 1 unspecified atom stereocenters. The number of benzene rings is 2. The van der Waals surface area contributed by atoms with Crippen LogP contribution in [-0.4, -0.2) is 81.0 Å². The van der Waals surface area contributed by atoms with Crippen LogP contribution >= 0.6 is 11.8 Å². The maximum atomic E-state index is 12.9. The molecule has 5 rings (SSSR count). The van der Waals surface area contributed by atoms with Crippen LogP contribution in [0, 0.1) is 6.92 Å². The molecule has 182 valence electrons. The minimum Gasteiger partial charge on any atom is -0.485 e. The number of rotatable bonds is 6. The van der Waals surface area contributed by atoms with Crippen LogP contribution in [-0.2, 0) is 16.1 Å². The van der Waals surface area contributed by atoms with Crippen LogP contribution in [0.5, 0.6) is 11.5 Å². The van der Waals surface area contributed by atoms with E-state index < -0.39 is 6.10 Å². The number of fused-ring (bicyclic) bond motifs is 1. The van der Waals surface area contributed by atoms with Crippen molar-refractivity contribution in [2.24, 2.45) is 0 Å². The van der Waals surface area contributed by atoms with Crippen molar-refractivity contribution in [2.45, 2.75) is 24.7 Å². The largest absolute Gasteiger partial charge is 0.485 e. The molecule has 3 heterocycles. The van der Waals surface area contributed by atoms with Gasteiger partial charge in [0.2, 0.25) is 12.0 Å². The number of hydrogen-bond donors (Lipinski definition) is 0. The molecule has 0 N–H and O–H groups in total. The predicted molar refractivity (Wildman–Crippen MR) is 131 cm³/mol. The van der Waals surface area contributed by atoms with Crippen molar-refractivity contribution < 1.29 is 19.1 Å². The topological polar surface area (TPSA) is 89.8 Å². The summed E-state index contributed by atoms with van der Waals surface area (Å²) in [6.07, 6.45) is -0.665. The average molecular weight is 494 g/mol. The predicted octanol–water partition coefficient (Wildman–Crippen LogP) is 2.24. The molecule has 9 nitrogen and oxygen atoms in total. The normalized spacial score (nSPS) is 17.3. The van der Waals surface area contributed by atoms with Gasteiger partial charge in [0.15, 0.2) is 16.7 Å². The van der Waals surface area contributed by atoms with E-state index in [1.807, 2.05) is 47.9 Å². The lowest BCUT2D eigenvalue weighted by atomic mass is 10.2. The second kappa shape index (κ2) is 10.4. The molecule has 2 aliphatic rings. The van der Waals surface area contributed by atoms with E-state index in [4.69, 9.17) is 9.47 Å². The number of piperazine rings is 1. The van der Waals surface area contributed by atoms with Crippen LogP contribution in [0.1, 0.15) is 11.4 Å². The Kier molecular flexibility index (Phi) is 6.89. The smallest absolute Gasteiger partial charge is 0.267 e. The molecule has 10 heteroatoms. The Bertz CT molecular complexity index is 1190. The second-order valence-corrected chi connectivity index (χ2v) is 9.40. The van der Waals surface area contributed by atoms with Gasteiger partial charge in [-0.25, -0.2) is 0 Å². The van der Waals surface area contributed by atoms with Gasteiger partial charge in [0.05, 0.1) is 12.3 Å². The zero-order chi connectivity index (χ0) is 24.2. The zero-order valence-corrected chi connectivity index (χ0v) is 20.3. The minimum absolute atomic E-state index is 0.0280. The summed E-state index contributed by atoms with van der Waals surface area (Å²) in [6.45, 7) is 4.69. The summed E-state index contributed by atoms with van der Waals surface area (Å²) in [5.74, 6) is 2.24. The van der Waals surface area contributed by atoms with Crippen LogP contribution < -0.4 is 9.47 Å². The number of aromatic nitrogens is 3. The Morgan fingerprint density at radius 1 is 0.943 bits per heavy atom. The molecule has 1 atom stereocenters. The summed E-state index contributed by atoms with van der Waals surface area (Å²) < 4.78 is 13.5. The van der Waals surface area contributed by atoms with Gasteiger partial charge in [0.25, 0.3) is 5.91 Å². The van der Waals surface area contributed by atoms with Crippen molar-refractivity contribution in [3.05, 3.63) is 66.0 Å². The summed E-state index contributed by atoms with van der Waals surface area (Å²) >= 11 is 1.39. The molecule has 2 aromatic carbocycles. The number of amides is 2. The first-order valence-corrected chi connectivity index (χ1v) is 12.6. The molecule has 3 aromatic rings. The van der Waals surface area contributed by atoms with E-state index in [0.29, 0.717) is 44.2 Å². The highest BCUT2D eigenvalue weighted by Crippen LogP contribution is 2.31. The summed E-state index contributed by atoms with van der Waals surface area (Å²) in [5, 5.41) is 9.18. The van der Waals surface area contributed by atoms with E-state index in [2.05, 4.69) is 22.3 Å². The van der Waals surface area contributed by atoms with E-state index in [-0.39, 0.29) is 24.2 Å². The minimum atomic E-state index is -0.665. The molecule has 0 bridgehead atoms. The third kappa shape index (κ3) is 5.27. The number of aryl methyl sites for hydroxylation is 1. The second-order valence-electron chi connectivity index (χ2n) is 8.46. The monoisotopic (exact) mass is 493 g/mol. The van der Waals surface area contributed by atoms with E-state index in [1.54, 1.807) is 15.9 Å². The number of thioether (sulfide) groups is 1. The van der Waals surface area contributed by atoms with Gasteiger partial charge in [-0.15, -0.1) is 10.2 Å². The quantitative estimate of drug-likeness (QED) is 0.487. The van der Waals surface area contributed by atoms with Gasteiger partial charge in [-0.05, 0) is 24.6 Å². The third-order valence-corrected chi connectivity index (χ3v) is 7.09. The highest BCUT2D eigenvalue weighted by Gasteiger charge is 2.33. The van der Waals surface area contributed by atoms with Crippen LogP contribution in [0.15, 0.2) is 59.8 Å². The van der Waals surface area contributed by atoms with Crippen molar-refractivity contribution >= 4 is 23.6 Å². The van der Waals surface area contributed by atoms with Crippen LogP contribution in [0.2, 0.25) is 0 Å². The molecule has 35 heavy (non-hydrogen) atoms. The Balaban J connectivity index is 1.11. The first-order valence-electron chi connectivity index (χ1n) is 11.6. The molecule has 0 spiro atoms. The first-order chi connectivity index (χ1) is 17.1. The van der Waals surface area contributed by atoms with Gasteiger partial charge >= 0.3 is 0 Å². The van der Waals surface area contributed by atoms with Crippen molar-refractivity contribution in [1.29, 1.82) is 0 Å². The number of carbonyl (C=O) groups is 2. The van der Waals surface area contributed by atoms with Crippen molar-refractivity contribution in [2.75, 3.05) is 38.5 Å². The van der Waals surface area contributed by atoms with Crippen LogP contribution in [0.3, 0.4) is 0 Å². The highest BCUT2D eigenvalue weighted by molar-refractivity contribution is 7.99. The van der Waals surface area contributed by atoms with Crippen molar-refractivity contribution in [1.82, 2.24) is 24.6 Å². The molecule has 0 saturated carbocycles. The molecule has 1 fully saturated rings. The molecule has 0 aliphatic carbocycles. The van der Waals surface area contributed by atoms with E-state index >= 15 is 0 Å². The van der Waals surface area contributed by atoms with Crippen LogP contribution in [0.4, 0.5) is 0 Å². The zero-order valence-electron chi connectivity index (χ0n) is 19.5. The molecular formula is C25H27N5O4S. The lowest BCUT2D eigenvalue weighted by molar-refractivity contribution is -0.145. The summed E-state index contributed by atoms with van der Waals surface area (Å²) in [5.41, 5.74) is 1.15. The van der Waals surface area contributed by atoms with Crippen molar-refractivity contribution in [3.8, 4) is 11.5 Å². The maximum Gasteiger partial charge on any atom is 0.267 e. The van der Waals surface area contributed by atoms with Gasteiger partial charge in [-0.1, -0.05) is 54.2 Å². The number of hydrogen-bond acceptors (Lipinski definition) is 7. The lowest BCUT2D eigenvalue weighted by Crippen LogP contribution is -2.55. The van der Waals surface area contributed by atoms with Gasteiger partial charge in [0, 0.05) is 26.2 Å². The van der Waals surface area contributed by atoms with Gasteiger partial charge < -0.3 is 23.8 Å². The summed E-state index contributed by atoms with van der Waals surface area (Å²) in [7, 11) is 0. The number of nitrogens with zero attached hydrogens (tertiary/aromatic N) is 5. The maximum absolute atomic E-state index is 12.9. The van der Waals surface area contributed by atoms with E-state index in [9.17, 15) is 9.59 Å². The van der Waals surface area contributed by atoms with Gasteiger partial charge in [-0.2, -0.15) is 0 Å². The molecular weight excluding hydrogens is 466 g/mol. The lowest BCUT2D eigenvalue weighted by Gasteiger charge is -2.37. The van der Waals surface area contributed by atoms with E-state index in [1.165, 1.54) is 11.8 Å². The molecule has 0 radical (unpaired) electrons. The molecule has 1 saturated heterocycles. The fraction of sp³-hybridized carbons (Fsp3) is 0.360. The Hall–Kier alpha value is -3.53. The van der Waals surface area contributed by atoms with Crippen LogP contribution in [0.25, 0.3) is 0 Å². The first kappa shape index (κ1) is 23.2. The molecule has 1 aromatic heterocycles. The Labute approximate surface area is 208 Å². The number of ether oxygens (including phenoxy) is 2. The fourth-order valence-electron chi connectivity index (χ4n) is 4.16. The average Bonchev–Trinajstić information content (AvgIpc) is 3.26. The number of carbonyl (C=O) groups excluding carboxylic acids is 2. The van der Waals surface area contributed by atoms with Gasteiger partial charge in [0.1, 0.15) is 12.4 Å². The Morgan fingerprint density at radius 2 is 1.63 bits per heavy atom. The number of para-hydroxylation sites is 2. The van der Waals surface area contributed by atoms with E-state index in [0.717, 1.165) is 16.5 Å². The summed E-state index contributed by atoms with van der Waals surface area (Å²) in [4.78, 5) is 29.3. The Morgan fingerprint density at radius 3 is 2.40 bits per heavy atom. The highest BCUT2D eigenvalue weighted by atomic mass is 32.2. The SMILES string of the molecule is Cc1nnc(SCC(=O)N2CCN(C(=O)C3COc4ccccc4O3)CC2)n1Cc1ccccc1. The van der Waals surface area contributed by atoms with Crippen molar-refractivity contribution in [3.63, 3.8) is 0 Å². The molecule has 2 aliphatic heterocycles. The standard InChI is InChI=1S/C25H27N5O4S/c1-18-26-27-25(30(18)15-19-7-3-2-4-8-19)35-17-23(31)28-11-13-29(14-12-28)24(32)22-16-33-20-9-5-6-10-21(20)34-22/h2-10,22H,11-17H2,1H3. The molecule has 2 amide bonds. The summed E-state index contributed by atoms with van der Waals surface area (Å²) in [6, 6.07) is 17.4. The fourth-order valence-corrected chi connectivity index (χ4v) is 5.04. The third-order valence-electron chi connectivity index (χ3n) is 6.14.